The van der Waals surface area contributed by atoms with E-state index in [1.807, 2.05) is 6.92 Å². The number of nitrogens with one attached hydrogen (secondary N) is 1. The van der Waals surface area contributed by atoms with Crippen LogP contribution in [0.2, 0.25) is 0 Å². The van der Waals surface area contributed by atoms with Gasteiger partial charge in [-0.05, 0) is 13.3 Å². The van der Waals surface area contributed by atoms with E-state index in [4.69, 9.17) is 0 Å². The third-order valence-electron chi connectivity index (χ3n) is 1.54. The van der Waals surface area contributed by atoms with Gasteiger partial charge in [0.25, 0.3) is 0 Å². The van der Waals surface area contributed by atoms with Gasteiger partial charge in [0.1, 0.15) is 9.84 Å². The normalized spacial score (nSPS) is 15.1. The molecule has 12 heavy (non-hydrogen) atoms. The maximum absolute atomic E-state index is 10.8. The van der Waals surface area contributed by atoms with Crippen molar-refractivity contribution in [2.45, 2.75) is 39.3 Å². The first-order chi connectivity index (χ1) is 5.31. The summed E-state index contributed by atoms with van der Waals surface area (Å²) in [7, 11) is -2.79. The fourth-order valence-electron chi connectivity index (χ4n) is 1.04. The van der Waals surface area contributed by atoms with E-state index in [2.05, 4.69) is 19.2 Å². The van der Waals surface area contributed by atoms with Gasteiger partial charge in [-0.25, -0.2) is 8.42 Å². The minimum absolute atomic E-state index is 0.272. The molecule has 0 saturated carbocycles. The maximum Gasteiger partial charge on any atom is 0.147 e. The highest BCUT2D eigenvalue weighted by Crippen LogP contribution is 1.96. The van der Waals surface area contributed by atoms with Crippen molar-refractivity contribution in [3.8, 4) is 0 Å². The minimum Gasteiger partial charge on any atom is -0.312 e. The molecule has 0 amide bonds. The molecule has 0 aromatic carbocycles. The lowest BCUT2D eigenvalue weighted by Gasteiger charge is -2.15. The molecule has 0 spiro atoms. The van der Waals surface area contributed by atoms with Crippen molar-refractivity contribution in [3.05, 3.63) is 0 Å². The van der Waals surface area contributed by atoms with Crippen LogP contribution in [0.25, 0.3) is 0 Å². The predicted octanol–water partition coefficient (Wildman–Crippen LogP) is 0.808. The summed E-state index contributed by atoms with van der Waals surface area (Å²) in [6, 6.07) is 0.694. The van der Waals surface area contributed by atoms with Gasteiger partial charge in [0, 0.05) is 18.3 Å². The van der Waals surface area contributed by atoms with E-state index in [1.165, 1.54) is 6.26 Å². The Morgan fingerprint density at radius 1 is 1.25 bits per heavy atom. The Kier molecular flexibility index (Phi) is 4.78. The average molecular weight is 193 g/mol. The van der Waals surface area contributed by atoms with Crippen LogP contribution in [0.4, 0.5) is 0 Å². The molecule has 0 heterocycles. The van der Waals surface area contributed by atoms with Crippen LogP contribution in [0.15, 0.2) is 0 Å². The molecule has 0 aromatic heterocycles. The van der Waals surface area contributed by atoms with Gasteiger partial charge in [-0.3, -0.25) is 0 Å². The molecule has 0 bridgehead atoms. The van der Waals surface area contributed by atoms with Crippen molar-refractivity contribution in [1.82, 2.24) is 5.32 Å². The maximum atomic E-state index is 10.8. The summed E-state index contributed by atoms with van der Waals surface area (Å²) in [4.78, 5) is 0. The van der Waals surface area contributed by atoms with Gasteiger partial charge in [-0.2, -0.15) is 0 Å². The highest BCUT2D eigenvalue weighted by molar-refractivity contribution is 7.90. The Balaban J connectivity index is 3.65. The largest absolute Gasteiger partial charge is 0.312 e. The van der Waals surface area contributed by atoms with Gasteiger partial charge in [0.05, 0.1) is 5.75 Å². The molecule has 0 aromatic rings. The fraction of sp³-hybridized carbons (Fsp3) is 1.00. The van der Waals surface area contributed by atoms with Crippen LogP contribution in [0.1, 0.15) is 27.2 Å². The van der Waals surface area contributed by atoms with Crippen LogP contribution in [0.5, 0.6) is 0 Å². The van der Waals surface area contributed by atoms with Gasteiger partial charge < -0.3 is 5.32 Å². The van der Waals surface area contributed by atoms with E-state index < -0.39 is 9.84 Å². The fourth-order valence-corrected chi connectivity index (χ4v) is 1.82. The van der Waals surface area contributed by atoms with Crippen LogP contribution in [-0.4, -0.2) is 32.5 Å². The molecule has 0 radical (unpaired) electrons. The lowest BCUT2D eigenvalue weighted by atomic mass is 10.2. The third kappa shape index (κ3) is 8.01. The summed E-state index contributed by atoms with van der Waals surface area (Å²) < 4.78 is 21.6. The van der Waals surface area contributed by atoms with Crippen molar-refractivity contribution in [2.75, 3.05) is 12.0 Å². The molecule has 0 fully saturated rings. The van der Waals surface area contributed by atoms with Crippen molar-refractivity contribution in [2.24, 2.45) is 0 Å². The summed E-state index contributed by atoms with van der Waals surface area (Å²) in [5.74, 6) is 0.272. The Morgan fingerprint density at radius 2 is 1.75 bits per heavy atom. The summed E-state index contributed by atoms with van der Waals surface area (Å²) >= 11 is 0. The second-order valence-corrected chi connectivity index (χ2v) is 5.90. The minimum atomic E-state index is -2.79. The summed E-state index contributed by atoms with van der Waals surface area (Å²) in [6.07, 6.45) is 1.96. The molecule has 1 unspecified atom stereocenters. The molecule has 74 valence electrons. The molecule has 4 heteroatoms. The van der Waals surface area contributed by atoms with E-state index in [9.17, 15) is 8.42 Å². The van der Waals surface area contributed by atoms with Gasteiger partial charge in [-0.15, -0.1) is 0 Å². The zero-order valence-electron chi connectivity index (χ0n) is 8.29. The van der Waals surface area contributed by atoms with E-state index >= 15 is 0 Å². The molecule has 0 aliphatic carbocycles. The third-order valence-corrected chi connectivity index (χ3v) is 2.52. The Morgan fingerprint density at radius 3 is 2.08 bits per heavy atom. The second kappa shape index (κ2) is 4.82. The quantitative estimate of drug-likeness (QED) is 0.703. The Bertz CT molecular complexity index is 209. The van der Waals surface area contributed by atoms with Gasteiger partial charge in [-0.1, -0.05) is 13.8 Å². The van der Waals surface area contributed by atoms with E-state index in [0.29, 0.717) is 12.5 Å². The zero-order chi connectivity index (χ0) is 9.78. The number of rotatable bonds is 5. The highest BCUT2D eigenvalue weighted by Gasteiger charge is 2.07. The van der Waals surface area contributed by atoms with E-state index in [-0.39, 0.29) is 11.8 Å². The van der Waals surface area contributed by atoms with Crippen molar-refractivity contribution in [3.63, 3.8) is 0 Å². The highest BCUT2D eigenvalue weighted by atomic mass is 32.2. The number of hydrogen-bond donors (Lipinski definition) is 1. The first-order valence-electron chi connectivity index (χ1n) is 4.25. The molecule has 1 atom stereocenters. The van der Waals surface area contributed by atoms with E-state index in [0.717, 1.165) is 0 Å². The molecule has 3 nitrogen and oxygen atoms in total. The van der Waals surface area contributed by atoms with Crippen LogP contribution in [0, 0.1) is 0 Å². The summed E-state index contributed by atoms with van der Waals surface area (Å²) in [5, 5.41) is 3.25. The molecule has 0 aliphatic rings. The number of hydrogen-bond acceptors (Lipinski definition) is 3. The molecular formula is C8H19NO2S. The van der Waals surface area contributed by atoms with Gasteiger partial charge in [0.2, 0.25) is 0 Å². The Hall–Kier alpha value is -0.0900. The SMILES string of the molecule is CC(C)NC(C)CCS(C)(=O)=O. The lowest BCUT2D eigenvalue weighted by molar-refractivity contribution is 0.477. The van der Waals surface area contributed by atoms with Crippen molar-refractivity contribution in [1.29, 1.82) is 0 Å². The molecular weight excluding hydrogens is 174 g/mol. The molecule has 0 aliphatic heterocycles. The van der Waals surface area contributed by atoms with Crippen LogP contribution in [-0.2, 0) is 9.84 Å². The molecule has 1 N–H and O–H groups in total. The topological polar surface area (TPSA) is 46.2 Å². The van der Waals surface area contributed by atoms with Crippen molar-refractivity contribution >= 4 is 9.84 Å². The lowest BCUT2D eigenvalue weighted by Crippen LogP contribution is -2.33. The van der Waals surface area contributed by atoms with Crippen LogP contribution in [0.3, 0.4) is 0 Å². The van der Waals surface area contributed by atoms with E-state index in [1.54, 1.807) is 0 Å². The summed E-state index contributed by atoms with van der Waals surface area (Å²) in [6.45, 7) is 6.11. The second-order valence-electron chi connectivity index (χ2n) is 3.64. The monoisotopic (exact) mass is 193 g/mol. The molecule has 0 saturated heterocycles. The van der Waals surface area contributed by atoms with Crippen molar-refractivity contribution < 1.29 is 8.42 Å². The number of sulfone groups is 1. The van der Waals surface area contributed by atoms with Gasteiger partial charge >= 0.3 is 0 Å². The van der Waals surface area contributed by atoms with Gasteiger partial charge in [0.15, 0.2) is 0 Å². The van der Waals surface area contributed by atoms with Crippen LogP contribution < -0.4 is 5.32 Å². The summed E-state index contributed by atoms with van der Waals surface area (Å²) in [5.41, 5.74) is 0. The first kappa shape index (κ1) is 11.9. The predicted molar refractivity (Wildman–Crippen MR) is 52.1 cm³/mol. The van der Waals surface area contributed by atoms with Crippen LogP contribution >= 0.6 is 0 Å². The standard InChI is InChI=1S/C8H19NO2S/c1-7(2)9-8(3)5-6-12(4,10)11/h7-9H,5-6H2,1-4H3. The zero-order valence-corrected chi connectivity index (χ0v) is 9.11. The smallest absolute Gasteiger partial charge is 0.147 e. The first-order valence-corrected chi connectivity index (χ1v) is 6.31. The Labute approximate surface area is 75.5 Å². The molecule has 0 rings (SSSR count). The average Bonchev–Trinajstić information content (AvgIpc) is 1.80.